The lowest BCUT2D eigenvalue weighted by molar-refractivity contribution is 0.137. The van der Waals surface area contributed by atoms with Gasteiger partial charge >= 0.3 is 6.09 Å². The van der Waals surface area contributed by atoms with Crippen molar-refractivity contribution in [3.63, 3.8) is 0 Å². The number of carbonyl (C=O) groups is 1. The van der Waals surface area contributed by atoms with Crippen LogP contribution in [0, 0.1) is 5.92 Å². The third-order valence-corrected chi connectivity index (χ3v) is 3.26. The Morgan fingerprint density at radius 1 is 1.33 bits per heavy atom. The van der Waals surface area contributed by atoms with Gasteiger partial charge in [-0.1, -0.05) is 30.3 Å². The first-order valence-electron chi connectivity index (χ1n) is 6.36. The van der Waals surface area contributed by atoms with Gasteiger partial charge in [-0.2, -0.15) is 0 Å². The zero-order chi connectivity index (χ0) is 12.8. The van der Waals surface area contributed by atoms with E-state index in [-0.39, 0.29) is 12.2 Å². The minimum absolute atomic E-state index is 0.197. The molecule has 0 radical (unpaired) electrons. The van der Waals surface area contributed by atoms with E-state index in [1.807, 2.05) is 30.3 Å². The van der Waals surface area contributed by atoms with Gasteiger partial charge in [0.1, 0.15) is 6.61 Å². The van der Waals surface area contributed by atoms with E-state index in [9.17, 15) is 9.90 Å². The first-order valence-corrected chi connectivity index (χ1v) is 6.36. The number of alkyl carbamates (subject to hydrolysis) is 1. The van der Waals surface area contributed by atoms with Crippen LogP contribution < -0.4 is 5.32 Å². The molecule has 1 aliphatic carbocycles. The number of rotatable bonds is 4. The van der Waals surface area contributed by atoms with E-state index in [0.717, 1.165) is 24.8 Å². The minimum Gasteiger partial charge on any atom is -0.445 e. The van der Waals surface area contributed by atoms with Crippen molar-refractivity contribution in [2.24, 2.45) is 5.92 Å². The Morgan fingerprint density at radius 2 is 2.11 bits per heavy atom. The fourth-order valence-corrected chi connectivity index (χ4v) is 2.24. The molecule has 2 N–H and O–H groups in total. The number of amides is 1. The van der Waals surface area contributed by atoms with Crippen LogP contribution in [0.3, 0.4) is 0 Å². The maximum absolute atomic E-state index is 11.5. The molecule has 0 unspecified atom stereocenters. The van der Waals surface area contributed by atoms with Crippen LogP contribution in [0.25, 0.3) is 0 Å². The Kier molecular flexibility index (Phi) is 4.59. The van der Waals surface area contributed by atoms with E-state index in [1.54, 1.807) is 0 Å². The molecule has 2 atom stereocenters. The fourth-order valence-electron chi connectivity index (χ4n) is 2.24. The molecular weight excluding hydrogens is 230 g/mol. The molecule has 0 aromatic heterocycles. The van der Waals surface area contributed by atoms with Crippen molar-refractivity contribution in [2.45, 2.75) is 32.0 Å². The van der Waals surface area contributed by atoms with Crippen LogP contribution in [0.4, 0.5) is 4.79 Å². The van der Waals surface area contributed by atoms with Gasteiger partial charge in [0.05, 0.1) is 6.10 Å². The Labute approximate surface area is 107 Å². The van der Waals surface area contributed by atoms with Gasteiger partial charge in [0.15, 0.2) is 0 Å². The van der Waals surface area contributed by atoms with Gasteiger partial charge in [0.2, 0.25) is 0 Å². The van der Waals surface area contributed by atoms with E-state index in [2.05, 4.69) is 5.32 Å². The van der Waals surface area contributed by atoms with E-state index in [4.69, 9.17) is 4.74 Å². The molecule has 0 saturated heterocycles. The molecular formula is C14H19NO3. The standard InChI is InChI=1S/C14H19NO3/c16-13-7-6-12(8-13)9-15-14(17)18-10-11-4-2-1-3-5-11/h1-5,12-13,16H,6-10H2,(H,15,17)/t12-,13-/m0/s1. The Morgan fingerprint density at radius 3 is 2.78 bits per heavy atom. The van der Waals surface area contributed by atoms with Gasteiger partial charge in [-0.15, -0.1) is 0 Å². The van der Waals surface area contributed by atoms with E-state index in [1.165, 1.54) is 0 Å². The fraction of sp³-hybridized carbons (Fsp3) is 0.500. The smallest absolute Gasteiger partial charge is 0.407 e. The van der Waals surface area contributed by atoms with E-state index in [0.29, 0.717) is 19.1 Å². The summed E-state index contributed by atoms with van der Waals surface area (Å²) in [5.41, 5.74) is 0.976. The highest BCUT2D eigenvalue weighted by atomic mass is 16.5. The van der Waals surface area contributed by atoms with Gasteiger partial charge in [-0.3, -0.25) is 0 Å². The lowest BCUT2D eigenvalue weighted by Gasteiger charge is -2.11. The van der Waals surface area contributed by atoms with Crippen LogP contribution in [0.2, 0.25) is 0 Å². The number of carbonyl (C=O) groups excluding carboxylic acids is 1. The maximum Gasteiger partial charge on any atom is 0.407 e. The summed E-state index contributed by atoms with van der Waals surface area (Å²) in [7, 11) is 0. The molecule has 18 heavy (non-hydrogen) atoms. The Balaban J connectivity index is 1.63. The summed E-state index contributed by atoms with van der Waals surface area (Å²) in [5, 5.41) is 12.1. The number of ether oxygens (including phenoxy) is 1. The minimum atomic E-state index is -0.389. The van der Waals surface area contributed by atoms with Crippen molar-refractivity contribution in [2.75, 3.05) is 6.54 Å². The van der Waals surface area contributed by atoms with Gasteiger partial charge < -0.3 is 15.2 Å². The van der Waals surface area contributed by atoms with Crippen molar-refractivity contribution in [3.8, 4) is 0 Å². The van der Waals surface area contributed by atoms with Crippen LogP contribution >= 0.6 is 0 Å². The lowest BCUT2D eigenvalue weighted by Crippen LogP contribution is -2.29. The van der Waals surface area contributed by atoms with Crippen molar-refractivity contribution < 1.29 is 14.6 Å². The van der Waals surface area contributed by atoms with Crippen molar-refractivity contribution in [1.29, 1.82) is 0 Å². The molecule has 1 amide bonds. The average molecular weight is 249 g/mol. The number of aliphatic hydroxyl groups is 1. The predicted molar refractivity (Wildman–Crippen MR) is 68.0 cm³/mol. The SMILES string of the molecule is O=C(NC[C@H]1CC[C@H](O)C1)OCc1ccccc1. The summed E-state index contributed by atoms with van der Waals surface area (Å²) in [6.07, 6.45) is 2.00. The van der Waals surface area contributed by atoms with Crippen LogP contribution in [0.1, 0.15) is 24.8 Å². The molecule has 1 saturated carbocycles. The quantitative estimate of drug-likeness (QED) is 0.859. The first kappa shape index (κ1) is 12.9. The highest BCUT2D eigenvalue weighted by molar-refractivity contribution is 5.67. The second kappa shape index (κ2) is 6.40. The maximum atomic E-state index is 11.5. The summed E-state index contributed by atoms with van der Waals surface area (Å²) in [4.78, 5) is 11.5. The van der Waals surface area contributed by atoms with Gasteiger partial charge in [-0.25, -0.2) is 4.79 Å². The Bertz CT molecular complexity index is 380. The summed E-state index contributed by atoms with van der Waals surface area (Å²) < 4.78 is 5.10. The molecule has 4 nitrogen and oxygen atoms in total. The monoisotopic (exact) mass is 249 g/mol. The van der Waals surface area contributed by atoms with Crippen LogP contribution in [0.15, 0.2) is 30.3 Å². The topological polar surface area (TPSA) is 58.6 Å². The summed E-state index contributed by atoms with van der Waals surface area (Å²) in [6, 6.07) is 9.59. The van der Waals surface area contributed by atoms with Crippen molar-refractivity contribution in [1.82, 2.24) is 5.32 Å². The normalized spacial score (nSPS) is 22.7. The molecule has 0 heterocycles. The largest absolute Gasteiger partial charge is 0.445 e. The summed E-state index contributed by atoms with van der Waals surface area (Å²) in [5.74, 6) is 0.379. The van der Waals surface area contributed by atoms with Gasteiger partial charge in [-0.05, 0) is 30.7 Å². The third-order valence-electron chi connectivity index (χ3n) is 3.26. The zero-order valence-electron chi connectivity index (χ0n) is 10.3. The molecule has 0 bridgehead atoms. The van der Waals surface area contributed by atoms with Crippen LogP contribution in [0.5, 0.6) is 0 Å². The highest BCUT2D eigenvalue weighted by Crippen LogP contribution is 2.24. The first-order chi connectivity index (χ1) is 8.74. The van der Waals surface area contributed by atoms with E-state index >= 15 is 0 Å². The molecule has 0 spiro atoms. The number of nitrogens with one attached hydrogen (secondary N) is 1. The molecule has 4 heteroatoms. The second-order valence-electron chi connectivity index (χ2n) is 4.78. The number of hydrogen-bond donors (Lipinski definition) is 2. The number of hydrogen-bond acceptors (Lipinski definition) is 3. The number of aliphatic hydroxyl groups excluding tert-OH is 1. The molecule has 1 aromatic carbocycles. The Hall–Kier alpha value is -1.55. The van der Waals surface area contributed by atoms with Crippen molar-refractivity contribution >= 4 is 6.09 Å². The number of benzene rings is 1. The summed E-state index contributed by atoms with van der Waals surface area (Å²) >= 11 is 0. The molecule has 98 valence electrons. The molecule has 0 aliphatic heterocycles. The second-order valence-corrected chi connectivity index (χ2v) is 4.78. The van der Waals surface area contributed by atoms with Crippen LogP contribution in [-0.2, 0) is 11.3 Å². The van der Waals surface area contributed by atoms with Crippen LogP contribution in [-0.4, -0.2) is 23.8 Å². The third kappa shape index (κ3) is 4.04. The molecule has 1 aromatic rings. The average Bonchev–Trinajstić information content (AvgIpc) is 2.81. The van der Waals surface area contributed by atoms with Gasteiger partial charge in [0, 0.05) is 6.54 Å². The van der Waals surface area contributed by atoms with Crippen molar-refractivity contribution in [3.05, 3.63) is 35.9 Å². The predicted octanol–water partition coefficient (Wildman–Crippen LogP) is 2.07. The molecule has 2 rings (SSSR count). The van der Waals surface area contributed by atoms with Gasteiger partial charge in [0.25, 0.3) is 0 Å². The molecule has 1 aliphatic rings. The van der Waals surface area contributed by atoms with E-state index < -0.39 is 0 Å². The zero-order valence-corrected chi connectivity index (χ0v) is 10.3. The lowest BCUT2D eigenvalue weighted by atomic mass is 10.1. The highest BCUT2D eigenvalue weighted by Gasteiger charge is 2.23. The molecule has 1 fully saturated rings. The summed E-state index contributed by atoms with van der Waals surface area (Å²) in [6.45, 7) is 0.880.